The molecule has 1 fully saturated rings. The van der Waals surface area contributed by atoms with Crippen LogP contribution in [0, 0.1) is 11.8 Å². The number of benzene rings is 2. The summed E-state index contributed by atoms with van der Waals surface area (Å²) in [5.74, 6) is 0.268. The molecule has 0 aromatic heterocycles. The Labute approximate surface area is 205 Å². The van der Waals surface area contributed by atoms with E-state index in [-0.39, 0.29) is 23.5 Å². The van der Waals surface area contributed by atoms with Crippen molar-refractivity contribution in [3.63, 3.8) is 0 Å². The molecule has 3 N–H and O–H groups in total. The fourth-order valence-corrected chi connectivity index (χ4v) is 6.59. The van der Waals surface area contributed by atoms with Gasteiger partial charge in [-0.3, -0.25) is 14.3 Å². The van der Waals surface area contributed by atoms with Gasteiger partial charge in [-0.15, -0.1) is 0 Å². The van der Waals surface area contributed by atoms with E-state index in [0.29, 0.717) is 17.0 Å². The van der Waals surface area contributed by atoms with Gasteiger partial charge in [-0.25, -0.2) is 8.42 Å². The fraction of sp³-hybridized carbons (Fsp3) is 0.462. The van der Waals surface area contributed by atoms with Gasteiger partial charge in [0.15, 0.2) is 5.78 Å². The van der Waals surface area contributed by atoms with Crippen LogP contribution in [-0.2, 0) is 27.7 Å². The zero-order chi connectivity index (χ0) is 24.8. The molecular formula is C26H31N3O5S. The van der Waals surface area contributed by atoms with E-state index < -0.39 is 15.6 Å². The molecule has 1 saturated heterocycles. The molecule has 5 rings (SSSR count). The quantitative estimate of drug-likeness (QED) is 0.598. The molecular weight excluding hydrogens is 466 g/mol. The molecule has 2 aromatic rings. The summed E-state index contributed by atoms with van der Waals surface area (Å²) >= 11 is 0. The Balaban J connectivity index is 1.49. The van der Waals surface area contributed by atoms with E-state index in [1.807, 2.05) is 12.1 Å². The van der Waals surface area contributed by atoms with Gasteiger partial charge in [0.1, 0.15) is 11.4 Å². The van der Waals surface area contributed by atoms with E-state index in [1.54, 1.807) is 18.2 Å². The van der Waals surface area contributed by atoms with Gasteiger partial charge >= 0.3 is 0 Å². The van der Waals surface area contributed by atoms with Crippen molar-refractivity contribution in [2.24, 2.45) is 11.8 Å². The van der Waals surface area contributed by atoms with Gasteiger partial charge in [0.05, 0.1) is 17.7 Å². The number of Topliss-reactive ketones (excluding diaryl/α,β-unsaturated/α-hetero) is 1. The van der Waals surface area contributed by atoms with Crippen LogP contribution in [-0.4, -0.2) is 45.1 Å². The number of ether oxygens (including phenoxy) is 1. The molecule has 0 radical (unpaired) electrons. The maximum absolute atomic E-state index is 14.1. The number of nitrogens with one attached hydrogen (secondary N) is 3. The van der Waals surface area contributed by atoms with Crippen LogP contribution in [0.5, 0.6) is 5.75 Å². The summed E-state index contributed by atoms with van der Waals surface area (Å²) in [5.41, 5.74) is 3.43. The second-order valence-corrected chi connectivity index (χ2v) is 11.8. The SMILES string of the molecule is CC(=O)Nc1ccc2c(c1)CCC(C1C(=O)c3cc(NS(C)(=O)=O)ccc3OC13CCNCC3)C2. The van der Waals surface area contributed by atoms with E-state index in [2.05, 4.69) is 21.4 Å². The zero-order valence-electron chi connectivity index (χ0n) is 20.0. The van der Waals surface area contributed by atoms with Crippen molar-refractivity contribution in [1.82, 2.24) is 5.32 Å². The normalized spacial score (nSPS) is 23.1. The molecule has 2 unspecified atom stereocenters. The van der Waals surface area contributed by atoms with E-state index in [4.69, 9.17) is 4.74 Å². The summed E-state index contributed by atoms with van der Waals surface area (Å²) in [7, 11) is -3.46. The standard InChI is InChI=1S/C26H31N3O5S/c1-16(30)28-20-6-5-17-13-19(4-3-18(17)14-20)24-25(31)22-15-21(29-35(2,32)33)7-8-23(22)34-26(24)9-11-27-12-10-26/h5-8,14-15,19,24,27,29H,3-4,9-13H2,1-2H3,(H,28,30). The van der Waals surface area contributed by atoms with Gasteiger partial charge in [0, 0.05) is 31.1 Å². The summed E-state index contributed by atoms with van der Waals surface area (Å²) in [4.78, 5) is 25.5. The molecule has 0 saturated carbocycles. The van der Waals surface area contributed by atoms with Gasteiger partial charge in [-0.1, -0.05) is 6.07 Å². The Hall–Kier alpha value is -2.91. The van der Waals surface area contributed by atoms with Gasteiger partial charge in [0.25, 0.3) is 0 Å². The largest absolute Gasteiger partial charge is 0.486 e. The highest BCUT2D eigenvalue weighted by atomic mass is 32.2. The molecule has 8 nitrogen and oxygen atoms in total. The van der Waals surface area contributed by atoms with Gasteiger partial charge in [-0.2, -0.15) is 0 Å². The number of hydrogen-bond donors (Lipinski definition) is 3. The van der Waals surface area contributed by atoms with Crippen LogP contribution in [0.2, 0.25) is 0 Å². The lowest BCUT2D eigenvalue weighted by molar-refractivity contribution is -0.114. The molecule has 1 amide bonds. The van der Waals surface area contributed by atoms with Crippen LogP contribution in [0.3, 0.4) is 0 Å². The lowest BCUT2D eigenvalue weighted by Crippen LogP contribution is -2.58. The predicted molar refractivity (Wildman–Crippen MR) is 134 cm³/mol. The van der Waals surface area contributed by atoms with E-state index in [9.17, 15) is 18.0 Å². The van der Waals surface area contributed by atoms with Crippen LogP contribution in [0.25, 0.3) is 0 Å². The van der Waals surface area contributed by atoms with Crippen LogP contribution >= 0.6 is 0 Å². The smallest absolute Gasteiger partial charge is 0.229 e. The number of anilines is 2. The molecule has 2 aliphatic heterocycles. The summed E-state index contributed by atoms with van der Waals surface area (Å²) in [6.45, 7) is 3.07. The second kappa shape index (κ2) is 8.95. The van der Waals surface area contributed by atoms with Crippen LogP contribution in [0.1, 0.15) is 47.7 Å². The van der Waals surface area contributed by atoms with Crippen molar-refractivity contribution in [2.75, 3.05) is 29.4 Å². The first kappa shape index (κ1) is 23.8. The molecule has 2 heterocycles. The van der Waals surface area contributed by atoms with E-state index >= 15 is 0 Å². The number of fused-ring (bicyclic) bond motifs is 2. The van der Waals surface area contributed by atoms with Gasteiger partial charge in [-0.05, 0) is 79.7 Å². The third kappa shape index (κ3) is 4.79. The van der Waals surface area contributed by atoms with Gasteiger partial charge < -0.3 is 15.4 Å². The van der Waals surface area contributed by atoms with Crippen LogP contribution < -0.4 is 20.1 Å². The molecule has 1 spiro atoms. The van der Waals surface area contributed by atoms with Crippen LogP contribution in [0.15, 0.2) is 36.4 Å². The lowest BCUT2D eigenvalue weighted by atomic mass is 9.64. The zero-order valence-corrected chi connectivity index (χ0v) is 20.8. The Morgan fingerprint density at radius 3 is 2.54 bits per heavy atom. The molecule has 186 valence electrons. The molecule has 35 heavy (non-hydrogen) atoms. The first-order valence-electron chi connectivity index (χ1n) is 12.1. The van der Waals surface area contributed by atoms with E-state index in [0.717, 1.165) is 57.1 Å². The highest BCUT2D eigenvalue weighted by molar-refractivity contribution is 7.92. The Bertz CT molecular complexity index is 1280. The lowest BCUT2D eigenvalue weighted by Gasteiger charge is -2.49. The van der Waals surface area contributed by atoms with Crippen LogP contribution in [0.4, 0.5) is 11.4 Å². The number of hydrogen-bond acceptors (Lipinski definition) is 6. The maximum Gasteiger partial charge on any atom is 0.229 e. The molecule has 0 bridgehead atoms. The Kier molecular flexibility index (Phi) is 6.09. The average Bonchev–Trinajstić information content (AvgIpc) is 2.79. The first-order chi connectivity index (χ1) is 16.6. The van der Waals surface area contributed by atoms with E-state index in [1.165, 1.54) is 18.1 Å². The van der Waals surface area contributed by atoms with Crippen molar-refractivity contribution in [3.05, 3.63) is 53.1 Å². The minimum absolute atomic E-state index is 0.0358. The molecule has 3 aliphatic rings. The summed E-state index contributed by atoms with van der Waals surface area (Å²) in [6.07, 6.45) is 5.03. The summed E-state index contributed by atoms with van der Waals surface area (Å²) in [5, 5.41) is 6.24. The number of amides is 1. The highest BCUT2D eigenvalue weighted by Crippen LogP contribution is 2.48. The molecule has 1 aliphatic carbocycles. The average molecular weight is 498 g/mol. The number of aryl methyl sites for hydroxylation is 1. The maximum atomic E-state index is 14.1. The predicted octanol–water partition coefficient (Wildman–Crippen LogP) is 3.14. The van der Waals surface area contributed by atoms with Gasteiger partial charge in [0.2, 0.25) is 15.9 Å². The minimum atomic E-state index is -3.46. The number of carbonyl (C=O) groups excluding carboxylic acids is 2. The minimum Gasteiger partial charge on any atom is -0.486 e. The molecule has 2 aromatic carbocycles. The number of carbonyl (C=O) groups is 2. The monoisotopic (exact) mass is 497 g/mol. The van der Waals surface area contributed by atoms with Crippen molar-refractivity contribution < 1.29 is 22.7 Å². The first-order valence-corrected chi connectivity index (χ1v) is 14.0. The van der Waals surface area contributed by atoms with Crippen molar-refractivity contribution in [1.29, 1.82) is 0 Å². The third-order valence-electron chi connectivity index (χ3n) is 7.43. The number of piperidine rings is 1. The summed E-state index contributed by atoms with van der Waals surface area (Å²) in [6, 6.07) is 11.0. The Morgan fingerprint density at radius 1 is 1.09 bits per heavy atom. The summed E-state index contributed by atoms with van der Waals surface area (Å²) < 4.78 is 32.6. The van der Waals surface area contributed by atoms with Crippen molar-refractivity contribution in [2.45, 2.75) is 44.6 Å². The molecule has 9 heteroatoms. The third-order valence-corrected chi connectivity index (χ3v) is 8.03. The number of sulfonamides is 1. The highest BCUT2D eigenvalue weighted by Gasteiger charge is 2.53. The molecule has 2 atom stereocenters. The Morgan fingerprint density at radius 2 is 1.83 bits per heavy atom. The van der Waals surface area contributed by atoms with Crippen molar-refractivity contribution in [3.8, 4) is 5.75 Å². The topological polar surface area (TPSA) is 114 Å². The second-order valence-electron chi connectivity index (χ2n) is 10.0. The number of ketones is 1. The van der Waals surface area contributed by atoms with Crippen molar-refractivity contribution >= 4 is 33.1 Å². The fourth-order valence-electron chi connectivity index (χ4n) is 6.03. The number of rotatable bonds is 4.